The highest BCUT2D eigenvalue weighted by molar-refractivity contribution is 5.81. The first-order chi connectivity index (χ1) is 6.29. The molecule has 0 spiro atoms. The van der Waals surface area contributed by atoms with E-state index in [1.807, 2.05) is 42.5 Å². The van der Waals surface area contributed by atoms with Gasteiger partial charge in [0.1, 0.15) is 6.07 Å². The Bertz CT molecular complexity index is 402. The molecule has 0 atom stereocenters. The van der Waals surface area contributed by atoms with Crippen LogP contribution >= 0.6 is 0 Å². The Morgan fingerprint density at radius 1 is 1.08 bits per heavy atom. The Morgan fingerprint density at radius 3 is 2.15 bits per heavy atom. The van der Waals surface area contributed by atoms with Crippen LogP contribution < -0.4 is 0 Å². The number of benzene rings is 1. The highest BCUT2D eigenvalue weighted by Gasteiger charge is 2.02. The van der Waals surface area contributed by atoms with Crippen molar-refractivity contribution in [2.75, 3.05) is 0 Å². The second kappa shape index (κ2) is 4.09. The van der Waals surface area contributed by atoms with E-state index >= 15 is 0 Å². The molecule has 0 heterocycles. The van der Waals surface area contributed by atoms with E-state index in [1.54, 1.807) is 6.92 Å². The predicted molar refractivity (Wildman–Crippen MR) is 50.3 cm³/mol. The molecule has 0 N–H and O–H groups in total. The SMILES string of the molecule is C/C(C#N)=C(/C#N)c1ccccc1. The normalized spacial score (nSPS) is 11.0. The zero-order valence-electron chi connectivity index (χ0n) is 7.28. The summed E-state index contributed by atoms with van der Waals surface area (Å²) in [6.45, 7) is 1.64. The molecule has 0 amide bonds. The fraction of sp³-hybridized carbons (Fsp3) is 0.0909. The molecule has 0 unspecified atom stereocenters. The number of allylic oxidation sites excluding steroid dienone is 2. The third kappa shape index (κ3) is 1.95. The molecule has 0 aliphatic carbocycles. The van der Waals surface area contributed by atoms with E-state index < -0.39 is 0 Å². The van der Waals surface area contributed by atoms with E-state index in [4.69, 9.17) is 10.5 Å². The van der Waals surface area contributed by atoms with Gasteiger partial charge in [0, 0.05) is 5.57 Å². The Kier molecular flexibility index (Phi) is 2.84. The molecule has 1 aromatic carbocycles. The second-order valence-electron chi connectivity index (χ2n) is 2.59. The molecule has 0 aliphatic heterocycles. The van der Waals surface area contributed by atoms with Crippen molar-refractivity contribution < 1.29 is 0 Å². The molecular weight excluding hydrogens is 160 g/mol. The zero-order valence-corrected chi connectivity index (χ0v) is 7.28. The van der Waals surface area contributed by atoms with E-state index in [0.717, 1.165) is 5.56 Å². The van der Waals surface area contributed by atoms with Gasteiger partial charge in [-0.05, 0) is 12.5 Å². The Morgan fingerprint density at radius 2 is 1.69 bits per heavy atom. The summed E-state index contributed by atoms with van der Waals surface area (Å²) in [6, 6.07) is 13.2. The van der Waals surface area contributed by atoms with Gasteiger partial charge in [-0.3, -0.25) is 0 Å². The topological polar surface area (TPSA) is 47.6 Å². The standard InChI is InChI=1S/C11H8N2/c1-9(7-12)11(8-13)10-5-3-2-4-6-10/h2-6H,1H3/b11-9+. The van der Waals surface area contributed by atoms with Crippen LogP contribution in [-0.2, 0) is 0 Å². The number of hydrogen-bond acceptors (Lipinski definition) is 2. The van der Waals surface area contributed by atoms with Gasteiger partial charge >= 0.3 is 0 Å². The maximum atomic E-state index is 8.82. The van der Waals surface area contributed by atoms with Crippen molar-refractivity contribution in [2.45, 2.75) is 6.92 Å². The average molecular weight is 168 g/mol. The van der Waals surface area contributed by atoms with E-state index in [0.29, 0.717) is 11.1 Å². The quantitative estimate of drug-likeness (QED) is 0.605. The highest BCUT2D eigenvalue weighted by atomic mass is 14.3. The van der Waals surface area contributed by atoms with Gasteiger partial charge < -0.3 is 0 Å². The van der Waals surface area contributed by atoms with E-state index in [1.165, 1.54) is 0 Å². The van der Waals surface area contributed by atoms with E-state index in [2.05, 4.69) is 0 Å². The summed E-state index contributed by atoms with van der Waals surface area (Å²) in [7, 11) is 0. The van der Waals surface area contributed by atoms with Gasteiger partial charge in [0.15, 0.2) is 0 Å². The lowest BCUT2D eigenvalue weighted by molar-refractivity contribution is 1.43. The fourth-order valence-corrected chi connectivity index (χ4v) is 1.03. The molecule has 62 valence electrons. The van der Waals surface area contributed by atoms with Crippen molar-refractivity contribution in [1.82, 2.24) is 0 Å². The van der Waals surface area contributed by atoms with Gasteiger partial charge in [0.05, 0.1) is 11.6 Å². The number of nitriles is 2. The van der Waals surface area contributed by atoms with E-state index in [9.17, 15) is 0 Å². The van der Waals surface area contributed by atoms with Crippen LogP contribution in [0, 0.1) is 22.7 Å². The molecule has 0 saturated heterocycles. The van der Waals surface area contributed by atoms with Crippen LogP contribution in [0.2, 0.25) is 0 Å². The van der Waals surface area contributed by atoms with Crippen molar-refractivity contribution in [3.63, 3.8) is 0 Å². The van der Waals surface area contributed by atoms with Gasteiger partial charge in [-0.1, -0.05) is 30.3 Å². The molecule has 2 nitrogen and oxygen atoms in total. The predicted octanol–water partition coefficient (Wildman–Crippen LogP) is 2.51. The molecule has 0 aromatic heterocycles. The fourth-order valence-electron chi connectivity index (χ4n) is 1.03. The number of rotatable bonds is 1. The van der Waals surface area contributed by atoms with Gasteiger partial charge in [0.2, 0.25) is 0 Å². The first kappa shape index (κ1) is 9.03. The summed E-state index contributed by atoms with van der Waals surface area (Å²) in [5.74, 6) is 0. The molecular formula is C11H8N2. The molecule has 1 aromatic rings. The van der Waals surface area contributed by atoms with Crippen LogP contribution in [0.1, 0.15) is 12.5 Å². The maximum absolute atomic E-state index is 8.82. The van der Waals surface area contributed by atoms with Crippen molar-refractivity contribution >= 4 is 5.57 Å². The smallest absolute Gasteiger partial charge is 0.101 e. The third-order valence-corrected chi connectivity index (χ3v) is 1.72. The number of nitrogens with zero attached hydrogens (tertiary/aromatic N) is 2. The molecule has 0 radical (unpaired) electrons. The first-order valence-corrected chi connectivity index (χ1v) is 3.86. The minimum absolute atomic E-state index is 0.447. The molecule has 0 aliphatic rings. The third-order valence-electron chi connectivity index (χ3n) is 1.72. The second-order valence-corrected chi connectivity index (χ2v) is 2.59. The van der Waals surface area contributed by atoms with Gasteiger partial charge in [-0.25, -0.2) is 0 Å². The van der Waals surface area contributed by atoms with Crippen LogP contribution in [-0.4, -0.2) is 0 Å². The summed E-state index contributed by atoms with van der Waals surface area (Å²) >= 11 is 0. The van der Waals surface area contributed by atoms with Crippen molar-refractivity contribution in [1.29, 1.82) is 10.5 Å². The summed E-state index contributed by atoms with van der Waals surface area (Å²) < 4.78 is 0. The molecule has 13 heavy (non-hydrogen) atoms. The first-order valence-electron chi connectivity index (χ1n) is 3.86. The average Bonchev–Trinajstić information content (AvgIpc) is 2.20. The maximum Gasteiger partial charge on any atom is 0.101 e. The van der Waals surface area contributed by atoms with Gasteiger partial charge in [-0.2, -0.15) is 10.5 Å². The largest absolute Gasteiger partial charge is 0.193 e. The minimum Gasteiger partial charge on any atom is -0.193 e. The van der Waals surface area contributed by atoms with Crippen LogP contribution in [0.15, 0.2) is 35.9 Å². The van der Waals surface area contributed by atoms with Gasteiger partial charge in [-0.15, -0.1) is 0 Å². The summed E-state index contributed by atoms with van der Waals surface area (Å²) in [5, 5.41) is 17.5. The van der Waals surface area contributed by atoms with Crippen LogP contribution in [0.25, 0.3) is 5.57 Å². The Hall–Kier alpha value is -2.06. The molecule has 1 rings (SSSR count). The Labute approximate surface area is 77.4 Å². The highest BCUT2D eigenvalue weighted by Crippen LogP contribution is 2.16. The summed E-state index contributed by atoms with van der Waals surface area (Å²) in [4.78, 5) is 0. The minimum atomic E-state index is 0.447. The molecule has 0 fully saturated rings. The monoisotopic (exact) mass is 168 g/mol. The van der Waals surface area contributed by atoms with Gasteiger partial charge in [0.25, 0.3) is 0 Å². The summed E-state index contributed by atoms with van der Waals surface area (Å²) in [6.07, 6.45) is 0. The lowest BCUT2D eigenvalue weighted by atomic mass is 10.0. The Balaban J connectivity index is 3.25. The van der Waals surface area contributed by atoms with Crippen LogP contribution in [0.4, 0.5) is 0 Å². The lowest BCUT2D eigenvalue weighted by Gasteiger charge is -1.97. The summed E-state index contributed by atoms with van der Waals surface area (Å²) in [5.41, 5.74) is 1.70. The van der Waals surface area contributed by atoms with Crippen molar-refractivity contribution in [2.24, 2.45) is 0 Å². The van der Waals surface area contributed by atoms with Crippen molar-refractivity contribution in [3.8, 4) is 12.1 Å². The van der Waals surface area contributed by atoms with E-state index in [-0.39, 0.29) is 0 Å². The number of hydrogen-bond donors (Lipinski definition) is 0. The molecule has 0 saturated carbocycles. The molecule has 2 heteroatoms. The zero-order chi connectivity index (χ0) is 9.68. The van der Waals surface area contributed by atoms with Crippen LogP contribution in [0.5, 0.6) is 0 Å². The van der Waals surface area contributed by atoms with Crippen LogP contribution in [0.3, 0.4) is 0 Å². The molecule has 0 bridgehead atoms. The van der Waals surface area contributed by atoms with Crippen molar-refractivity contribution in [3.05, 3.63) is 41.5 Å². The lowest BCUT2D eigenvalue weighted by Crippen LogP contribution is -1.83.